The van der Waals surface area contributed by atoms with Gasteiger partial charge >= 0.3 is 0 Å². The molecule has 0 unspecified atom stereocenters. The van der Waals surface area contributed by atoms with Gasteiger partial charge in [-0.25, -0.2) is 4.98 Å². The fraction of sp³-hybridized carbons (Fsp3) is 0.111. The van der Waals surface area contributed by atoms with Crippen molar-refractivity contribution in [1.29, 1.82) is 0 Å². The molecule has 1 aliphatic rings. The molecule has 0 fully saturated rings. The summed E-state index contributed by atoms with van der Waals surface area (Å²) in [5, 5.41) is 0.391. The smallest absolute Gasteiger partial charge is 0.251 e. The van der Waals surface area contributed by atoms with Crippen LogP contribution in [0.4, 0.5) is 5.69 Å². The minimum Gasteiger partial charge on any atom is -0.308 e. The summed E-state index contributed by atoms with van der Waals surface area (Å²) in [7, 11) is 0. The molecular weight excluding hydrogens is 310 g/mol. The Balaban J connectivity index is 1.64. The second-order valence-electron chi connectivity index (χ2n) is 5.42. The summed E-state index contributed by atoms with van der Waals surface area (Å²) in [4.78, 5) is 18.6. The molecule has 114 valence electrons. The molecule has 4 rings (SSSR count). The summed E-state index contributed by atoms with van der Waals surface area (Å²) in [6, 6.07) is 13.7. The van der Waals surface area contributed by atoms with Gasteiger partial charge in [0.05, 0.1) is 5.69 Å². The number of hydrogen-bond donors (Lipinski definition) is 0. The van der Waals surface area contributed by atoms with Gasteiger partial charge in [-0.15, -0.1) is 0 Å². The predicted molar refractivity (Wildman–Crippen MR) is 91.7 cm³/mol. The number of anilines is 1. The van der Waals surface area contributed by atoms with E-state index < -0.39 is 0 Å². The minimum atomic E-state index is -0.0445. The number of pyridine rings is 1. The van der Waals surface area contributed by atoms with Crippen molar-refractivity contribution in [1.82, 2.24) is 9.38 Å². The fourth-order valence-electron chi connectivity index (χ4n) is 2.94. The second kappa shape index (κ2) is 5.56. The Labute approximate surface area is 138 Å². The third-order valence-corrected chi connectivity index (χ3v) is 4.34. The van der Waals surface area contributed by atoms with Gasteiger partial charge in [-0.2, -0.15) is 0 Å². The molecular formula is C18H14ClN3O. The molecule has 1 aliphatic heterocycles. The maximum absolute atomic E-state index is 12.5. The van der Waals surface area contributed by atoms with Crippen LogP contribution in [0.2, 0.25) is 5.15 Å². The standard InChI is InChI=1S/C18H14ClN3O/c19-18-15(21-11-4-3-7-16(21)20-18)8-9-17(23)22-12-10-13-5-1-2-6-14(13)22/h1-9,11H,10,12H2/b9-8+. The van der Waals surface area contributed by atoms with Crippen molar-refractivity contribution >= 4 is 34.9 Å². The van der Waals surface area contributed by atoms with E-state index in [0.29, 0.717) is 17.4 Å². The molecule has 0 aliphatic carbocycles. The SMILES string of the molecule is O=C(/C=C/c1c(Cl)nc2ccccn12)N1CCc2ccccc21. The number of nitrogens with zero attached hydrogens (tertiary/aromatic N) is 3. The van der Waals surface area contributed by atoms with E-state index in [9.17, 15) is 4.79 Å². The summed E-state index contributed by atoms with van der Waals surface area (Å²) in [5.41, 5.74) is 3.67. The van der Waals surface area contributed by atoms with Gasteiger partial charge in [0.15, 0.2) is 5.15 Å². The number of halogens is 1. The number of para-hydroxylation sites is 1. The third kappa shape index (κ3) is 2.41. The normalized spacial score (nSPS) is 13.9. The number of benzene rings is 1. The van der Waals surface area contributed by atoms with Gasteiger partial charge in [0.25, 0.3) is 5.91 Å². The van der Waals surface area contributed by atoms with Crippen molar-refractivity contribution in [2.24, 2.45) is 0 Å². The van der Waals surface area contributed by atoms with Crippen LogP contribution in [0.1, 0.15) is 11.3 Å². The Morgan fingerprint density at radius 3 is 2.91 bits per heavy atom. The van der Waals surface area contributed by atoms with Gasteiger partial charge in [0.1, 0.15) is 5.65 Å². The van der Waals surface area contributed by atoms with Gasteiger partial charge < -0.3 is 4.90 Å². The predicted octanol–water partition coefficient (Wildman–Crippen LogP) is 3.59. The van der Waals surface area contributed by atoms with Gasteiger partial charge in [-0.3, -0.25) is 9.20 Å². The molecule has 0 N–H and O–H groups in total. The molecule has 1 amide bonds. The maximum Gasteiger partial charge on any atom is 0.251 e. The molecule has 1 aromatic carbocycles. The molecule has 2 aromatic heterocycles. The molecule has 0 saturated heterocycles. The molecule has 23 heavy (non-hydrogen) atoms. The number of carbonyl (C=O) groups excluding carboxylic acids is 1. The highest BCUT2D eigenvalue weighted by Crippen LogP contribution is 2.28. The van der Waals surface area contributed by atoms with Gasteiger partial charge in [0, 0.05) is 24.5 Å². The molecule has 5 heteroatoms. The summed E-state index contributed by atoms with van der Waals surface area (Å²) in [6.45, 7) is 0.712. The lowest BCUT2D eigenvalue weighted by Gasteiger charge is -2.14. The minimum absolute atomic E-state index is 0.0445. The maximum atomic E-state index is 12.5. The van der Waals surface area contributed by atoms with E-state index in [2.05, 4.69) is 11.1 Å². The molecule has 0 spiro atoms. The first-order valence-electron chi connectivity index (χ1n) is 7.44. The summed E-state index contributed by atoms with van der Waals surface area (Å²) in [6.07, 6.45) is 6.06. The van der Waals surface area contributed by atoms with Crippen molar-refractivity contribution < 1.29 is 4.79 Å². The average molecular weight is 324 g/mol. The van der Waals surface area contributed by atoms with Crippen LogP contribution < -0.4 is 4.90 Å². The topological polar surface area (TPSA) is 37.6 Å². The van der Waals surface area contributed by atoms with Crippen molar-refractivity contribution in [3.05, 3.63) is 71.1 Å². The van der Waals surface area contributed by atoms with Gasteiger partial charge in [-0.1, -0.05) is 35.9 Å². The highest BCUT2D eigenvalue weighted by Gasteiger charge is 2.22. The van der Waals surface area contributed by atoms with Crippen molar-refractivity contribution in [2.75, 3.05) is 11.4 Å². The van der Waals surface area contributed by atoms with Crippen molar-refractivity contribution in [2.45, 2.75) is 6.42 Å². The van der Waals surface area contributed by atoms with Crippen LogP contribution in [0, 0.1) is 0 Å². The first-order valence-corrected chi connectivity index (χ1v) is 7.82. The number of imidazole rings is 1. The van der Waals surface area contributed by atoms with Crippen LogP contribution in [-0.2, 0) is 11.2 Å². The lowest BCUT2D eigenvalue weighted by atomic mass is 10.2. The van der Waals surface area contributed by atoms with Crippen LogP contribution in [0.5, 0.6) is 0 Å². The molecule has 0 bridgehead atoms. The fourth-order valence-corrected chi connectivity index (χ4v) is 3.18. The van der Waals surface area contributed by atoms with E-state index >= 15 is 0 Å². The zero-order chi connectivity index (χ0) is 15.8. The highest BCUT2D eigenvalue weighted by molar-refractivity contribution is 6.31. The highest BCUT2D eigenvalue weighted by atomic mass is 35.5. The largest absolute Gasteiger partial charge is 0.308 e. The Bertz CT molecular complexity index is 929. The van der Waals surface area contributed by atoms with Crippen LogP contribution >= 0.6 is 11.6 Å². The van der Waals surface area contributed by atoms with E-state index in [4.69, 9.17) is 11.6 Å². The second-order valence-corrected chi connectivity index (χ2v) is 5.78. The number of rotatable bonds is 2. The van der Waals surface area contributed by atoms with Gasteiger partial charge in [0.2, 0.25) is 0 Å². The molecule has 3 heterocycles. The van der Waals surface area contributed by atoms with Crippen LogP contribution in [0.3, 0.4) is 0 Å². The number of carbonyl (C=O) groups is 1. The van der Waals surface area contributed by atoms with E-state index in [1.807, 2.05) is 47.0 Å². The Morgan fingerprint density at radius 1 is 1.17 bits per heavy atom. The monoisotopic (exact) mass is 323 g/mol. The number of amides is 1. The molecule has 3 aromatic rings. The molecule has 0 atom stereocenters. The Kier molecular flexibility index (Phi) is 3.39. The number of hydrogen-bond acceptors (Lipinski definition) is 2. The quantitative estimate of drug-likeness (QED) is 0.676. The van der Waals surface area contributed by atoms with Crippen molar-refractivity contribution in [3.8, 4) is 0 Å². The summed E-state index contributed by atoms with van der Waals surface area (Å²) < 4.78 is 1.87. The Morgan fingerprint density at radius 2 is 2.00 bits per heavy atom. The van der Waals surface area contributed by atoms with Crippen LogP contribution in [0.15, 0.2) is 54.7 Å². The zero-order valence-corrected chi connectivity index (χ0v) is 13.1. The van der Waals surface area contributed by atoms with E-state index in [-0.39, 0.29) is 5.91 Å². The first-order chi connectivity index (χ1) is 11.2. The van der Waals surface area contributed by atoms with Crippen LogP contribution in [0.25, 0.3) is 11.7 Å². The van der Waals surface area contributed by atoms with Crippen molar-refractivity contribution in [3.63, 3.8) is 0 Å². The molecule has 4 nitrogen and oxygen atoms in total. The van der Waals surface area contributed by atoms with Crippen LogP contribution in [-0.4, -0.2) is 21.8 Å². The van der Waals surface area contributed by atoms with E-state index in [0.717, 1.165) is 17.8 Å². The molecule has 0 radical (unpaired) electrons. The zero-order valence-electron chi connectivity index (χ0n) is 12.3. The lowest BCUT2D eigenvalue weighted by molar-refractivity contribution is -0.114. The average Bonchev–Trinajstić information content (AvgIpc) is 3.13. The van der Waals surface area contributed by atoms with Gasteiger partial charge in [-0.05, 0) is 36.3 Å². The van der Waals surface area contributed by atoms with E-state index in [1.165, 1.54) is 5.56 Å². The van der Waals surface area contributed by atoms with E-state index in [1.54, 1.807) is 17.1 Å². The lowest BCUT2D eigenvalue weighted by Crippen LogP contribution is -2.26. The number of fused-ring (bicyclic) bond motifs is 2. The Hall–Kier alpha value is -2.59. The number of aromatic nitrogens is 2. The molecule has 0 saturated carbocycles. The third-order valence-electron chi connectivity index (χ3n) is 4.06. The summed E-state index contributed by atoms with van der Waals surface area (Å²) >= 11 is 6.18. The first kappa shape index (κ1) is 14.0. The summed E-state index contributed by atoms with van der Waals surface area (Å²) in [5.74, 6) is -0.0445.